The van der Waals surface area contributed by atoms with Crippen LogP contribution >= 0.6 is 0 Å². The summed E-state index contributed by atoms with van der Waals surface area (Å²) in [6.07, 6.45) is 15.7. The predicted octanol–water partition coefficient (Wildman–Crippen LogP) is 9.55. The summed E-state index contributed by atoms with van der Waals surface area (Å²) in [7, 11) is 0. The Morgan fingerprint density at radius 2 is 0.794 bits per heavy atom. The lowest BCUT2D eigenvalue weighted by atomic mass is 9.65. The first kappa shape index (κ1) is 75.3. The minimum Gasteiger partial charge on any atom is -0.462 e. The van der Waals surface area contributed by atoms with Gasteiger partial charge in [-0.15, -0.1) is 0 Å². The van der Waals surface area contributed by atoms with Gasteiger partial charge in [-0.05, 0) is 213 Å². The molecule has 24 heteroatoms. The van der Waals surface area contributed by atoms with Gasteiger partial charge in [-0.2, -0.15) is 0 Å². The summed E-state index contributed by atoms with van der Waals surface area (Å²) in [4.78, 5) is 132. The summed E-state index contributed by atoms with van der Waals surface area (Å²) < 4.78 is 70.6. The van der Waals surface area contributed by atoms with Crippen LogP contribution in [-0.4, -0.2) is 154 Å². The summed E-state index contributed by atoms with van der Waals surface area (Å²) in [5.41, 5.74) is -2.62. The van der Waals surface area contributed by atoms with Gasteiger partial charge in [0, 0.05) is 18.8 Å². The second kappa shape index (κ2) is 31.3. The Hall–Kier alpha value is -5.91. The first-order chi connectivity index (χ1) is 45.7. The largest absolute Gasteiger partial charge is 0.462 e. The van der Waals surface area contributed by atoms with E-state index in [-0.39, 0.29) is 134 Å². The average molecular weight is 1370 g/mol. The van der Waals surface area contributed by atoms with Crippen LogP contribution in [0.15, 0.2) is 0 Å². The minimum atomic E-state index is -0.814. The number of carbonyl (C=O) groups excluding carboxylic acids is 11. The van der Waals surface area contributed by atoms with E-state index in [2.05, 4.69) is 0 Å². The second-order valence-electron chi connectivity index (χ2n) is 32.5. The van der Waals surface area contributed by atoms with Gasteiger partial charge in [-0.25, -0.2) is 14.4 Å². The molecule has 0 aromatic carbocycles. The topological polar surface area (TPSA) is 308 Å². The van der Waals surface area contributed by atoms with Crippen LogP contribution in [0.4, 0.5) is 0 Å². The predicted molar refractivity (Wildman–Crippen MR) is 341 cm³/mol. The fraction of sp³-hybridized carbons (Fsp3) is 0.849. The number of esters is 11. The van der Waals surface area contributed by atoms with E-state index < -0.39 is 76.6 Å². The van der Waals surface area contributed by atoms with Crippen molar-refractivity contribution < 1.29 is 114 Å². The molecule has 0 aromatic heterocycles. The van der Waals surface area contributed by atoms with Crippen LogP contribution in [0.25, 0.3) is 0 Å². The molecule has 8 saturated heterocycles. The molecule has 0 radical (unpaired) electrons. The maximum atomic E-state index is 12.4. The Labute approximate surface area is 570 Å². The molecular weight excluding hydrogens is 1260 g/mol. The van der Waals surface area contributed by atoms with Crippen molar-refractivity contribution in [2.24, 2.45) is 86.8 Å². The second-order valence-corrected chi connectivity index (χ2v) is 32.5. The van der Waals surface area contributed by atoms with Crippen LogP contribution in [0.5, 0.6) is 0 Å². The average Bonchev–Trinajstić information content (AvgIpc) is 1.73. The lowest BCUT2D eigenvalue weighted by Gasteiger charge is -2.46. The van der Waals surface area contributed by atoms with E-state index in [4.69, 9.17) is 61.6 Å². The third-order valence-corrected chi connectivity index (χ3v) is 23.6. The maximum Gasteiger partial charge on any atom is 0.344 e. The fourth-order valence-corrected chi connectivity index (χ4v) is 16.6. The maximum absolute atomic E-state index is 12.4. The molecule has 8 heterocycles. The number of ether oxygens (including phenoxy) is 13. The van der Waals surface area contributed by atoms with Crippen molar-refractivity contribution in [2.75, 3.05) is 39.8 Å². The first-order valence-corrected chi connectivity index (χ1v) is 36.0. The molecule has 8 aliphatic carbocycles. The van der Waals surface area contributed by atoms with Crippen molar-refractivity contribution in [1.29, 1.82) is 0 Å². The van der Waals surface area contributed by atoms with E-state index in [1.807, 2.05) is 69.2 Å². The highest BCUT2D eigenvalue weighted by Crippen LogP contribution is 2.54. The highest BCUT2D eigenvalue weighted by molar-refractivity contribution is 5.82. The molecule has 0 spiro atoms. The molecule has 19 atom stereocenters. The third-order valence-electron chi connectivity index (χ3n) is 23.6. The molecule has 24 nitrogen and oxygen atoms in total. The standard InChI is InChI=1S/C20H28O8.C20H30O7.C17H26O5.C16H24O4/c1-4-20(2,3)19(24)26-9-15(21)25-10-16(22)28-17-12-5-11-6-13(8-12)18(23)27-14(17)7-11;1-4-20(2,3)19(23)25-6-5-24-16(21)11-26-17-13-7-12-8-14(10-13)18(22)27-15(17)9-12;1-4-17(2,3)16(19)21-9-20-14-11-5-10-6-12(8-11)15(18)22-13(14)7-10;1-4-15(2,3)14(18)20-16-7-10-5-11(8-16)13(17)19-12(6-10)9-16/h11-14,17H,4-10H2,1-3H3;12-15,17H,4-11H2,1-3H3;10-14H,4-9H2,1-3H3;10-12H,4-9H2,1-3H3. The molecule has 544 valence electrons. The van der Waals surface area contributed by atoms with Crippen molar-refractivity contribution in [3.05, 3.63) is 0 Å². The van der Waals surface area contributed by atoms with Gasteiger partial charge in [-0.3, -0.25) is 38.4 Å². The monoisotopic (exact) mass is 1370 g/mol. The molecule has 8 saturated carbocycles. The molecule has 0 amide bonds. The van der Waals surface area contributed by atoms with Gasteiger partial charge in [0.2, 0.25) is 0 Å². The molecule has 16 fully saturated rings. The lowest BCUT2D eigenvalue weighted by Crippen LogP contribution is -2.49. The molecule has 16 bridgehead atoms. The summed E-state index contributed by atoms with van der Waals surface area (Å²) in [5.74, 6) is -1.02. The molecule has 8 aliphatic heterocycles. The lowest BCUT2D eigenvalue weighted by molar-refractivity contribution is -0.190. The van der Waals surface area contributed by atoms with Crippen LogP contribution in [0.1, 0.15) is 218 Å². The van der Waals surface area contributed by atoms with E-state index in [0.717, 1.165) is 96.3 Å². The Morgan fingerprint density at radius 3 is 1.31 bits per heavy atom. The summed E-state index contributed by atoms with van der Waals surface area (Å²) in [5, 5.41) is 0. The smallest absolute Gasteiger partial charge is 0.344 e. The van der Waals surface area contributed by atoms with Crippen molar-refractivity contribution in [2.45, 2.75) is 266 Å². The zero-order valence-electron chi connectivity index (χ0n) is 59.3. The third kappa shape index (κ3) is 18.6. The van der Waals surface area contributed by atoms with E-state index in [1.54, 1.807) is 13.8 Å². The zero-order chi connectivity index (χ0) is 70.5. The number of hydrogen-bond donors (Lipinski definition) is 0. The molecule has 16 aliphatic rings. The van der Waals surface area contributed by atoms with Crippen molar-refractivity contribution in [3.8, 4) is 0 Å². The highest BCUT2D eigenvalue weighted by Gasteiger charge is 2.57. The Bertz CT molecular complexity index is 2890. The Morgan fingerprint density at radius 1 is 0.381 bits per heavy atom. The van der Waals surface area contributed by atoms with Crippen LogP contribution < -0.4 is 0 Å². The molecule has 0 N–H and O–H groups in total. The molecule has 16 rings (SSSR count). The highest BCUT2D eigenvalue weighted by atomic mass is 16.7. The molecular formula is C73H108O24. The summed E-state index contributed by atoms with van der Waals surface area (Å²) in [6, 6.07) is 0. The van der Waals surface area contributed by atoms with Crippen LogP contribution in [-0.2, 0) is 114 Å². The SMILES string of the molecule is CCC(C)(C)C(=O)OC12CC3CC(C1)OC(=O)C(C3)C2.CCC(C)(C)C(=O)OCC(=O)OCC(=O)OC1C2CC3CC(C2)C(=O)OC1C3.CCC(C)(C)C(=O)OCCOC(=O)COC1C2CC3CC(C2)C(=O)OC1C3.CCC(C)(C)C(=O)OCOC1C2CC3CC(C2)C(=O)OC1C3. The van der Waals surface area contributed by atoms with Crippen LogP contribution in [0.3, 0.4) is 0 Å². The number of fused-ring (bicyclic) bond motifs is 4. The van der Waals surface area contributed by atoms with Gasteiger partial charge in [0.25, 0.3) is 0 Å². The number of hydrogen-bond acceptors (Lipinski definition) is 24. The Kier molecular flexibility index (Phi) is 24.3. The van der Waals surface area contributed by atoms with Gasteiger partial charge in [0.15, 0.2) is 20.0 Å². The van der Waals surface area contributed by atoms with E-state index in [9.17, 15) is 52.7 Å². The van der Waals surface area contributed by atoms with Gasteiger partial charge < -0.3 is 61.6 Å². The first-order valence-electron chi connectivity index (χ1n) is 36.0. The summed E-state index contributed by atoms with van der Waals surface area (Å²) >= 11 is 0. The van der Waals surface area contributed by atoms with Gasteiger partial charge in [0.05, 0.1) is 51.4 Å². The fourth-order valence-electron chi connectivity index (χ4n) is 16.6. The van der Waals surface area contributed by atoms with Gasteiger partial charge in [0.1, 0.15) is 62.0 Å². The van der Waals surface area contributed by atoms with Crippen molar-refractivity contribution in [1.82, 2.24) is 0 Å². The van der Waals surface area contributed by atoms with E-state index in [0.29, 0.717) is 68.1 Å². The van der Waals surface area contributed by atoms with Gasteiger partial charge >= 0.3 is 65.7 Å². The van der Waals surface area contributed by atoms with Crippen LogP contribution in [0, 0.1) is 86.8 Å². The van der Waals surface area contributed by atoms with Crippen molar-refractivity contribution >= 4 is 65.7 Å². The minimum absolute atomic E-state index is 0.00435. The quantitative estimate of drug-likeness (QED) is 0.0398. The van der Waals surface area contributed by atoms with Crippen LogP contribution in [0.2, 0.25) is 0 Å². The van der Waals surface area contributed by atoms with E-state index >= 15 is 0 Å². The number of rotatable bonds is 23. The molecule has 19 unspecified atom stereocenters. The zero-order valence-corrected chi connectivity index (χ0v) is 59.3. The summed E-state index contributed by atoms with van der Waals surface area (Å²) in [6.45, 7) is 21.1. The number of carbonyl (C=O) groups is 11. The van der Waals surface area contributed by atoms with Gasteiger partial charge in [-0.1, -0.05) is 27.7 Å². The molecule has 97 heavy (non-hydrogen) atoms. The van der Waals surface area contributed by atoms with E-state index in [1.165, 1.54) is 0 Å². The normalized spacial score (nSPS) is 34.3. The molecule has 0 aromatic rings. The Balaban J connectivity index is 0.000000153. The van der Waals surface area contributed by atoms with Crippen molar-refractivity contribution in [3.63, 3.8) is 0 Å².